The Kier molecular flexibility index (Phi) is 4.76. The number of carbonyl (C=O) groups is 1. The summed E-state index contributed by atoms with van der Waals surface area (Å²) in [6.07, 6.45) is 7.03. The van der Waals surface area contributed by atoms with Crippen molar-refractivity contribution < 1.29 is 14.3 Å². The van der Waals surface area contributed by atoms with Gasteiger partial charge in [-0.1, -0.05) is 19.4 Å². The minimum absolute atomic E-state index is 0.252. The molecule has 5 heteroatoms. The van der Waals surface area contributed by atoms with Crippen LogP contribution in [0.15, 0.2) is 41.1 Å². The zero-order valence-electron chi connectivity index (χ0n) is 13.3. The van der Waals surface area contributed by atoms with E-state index in [1.54, 1.807) is 6.26 Å². The first kappa shape index (κ1) is 15.7. The quantitative estimate of drug-likeness (QED) is 0.917. The van der Waals surface area contributed by atoms with Crippen LogP contribution in [0.2, 0.25) is 0 Å². The summed E-state index contributed by atoms with van der Waals surface area (Å²) in [5.41, 5.74) is 2.01. The third-order valence-corrected chi connectivity index (χ3v) is 4.51. The van der Waals surface area contributed by atoms with E-state index in [1.807, 2.05) is 29.3 Å². The number of piperidine rings is 1. The SMILES string of the molecule is CCc1ccc(C(c2ccco2)N2CCCCC2C(=O)O)nc1. The van der Waals surface area contributed by atoms with Crippen LogP contribution in [0.3, 0.4) is 0 Å². The van der Waals surface area contributed by atoms with E-state index in [1.165, 1.54) is 5.56 Å². The molecule has 0 spiro atoms. The van der Waals surface area contributed by atoms with Crippen LogP contribution in [-0.2, 0) is 11.2 Å². The fourth-order valence-corrected chi connectivity index (χ4v) is 3.26. The lowest BCUT2D eigenvalue weighted by molar-refractivity contribution is -0.145. The largest absolute Gasteiger partial charge is 0.480 e. The number of aliphatic carboxylic acids is 1. The van der Waals surface area contributed by atoms with Gasteiger partial charge in [0.1, 0.15) is 17.8 Å². The van der Waals surface area contributed by atoms with Crippen LogP contribution < -0.4 is 0 Å². The number of rotatable bonds is 5. The minimum atomic E-state index is -0.772. The number of carboxylic acid groups (broad SMARTS) is 1. The van der Waals surface area contributed by atoms with Crippen molar-refractivity contribution in [1.29, 1.82) is 0 Å². The van der Waals surface area contributed by atoms with Gasteiger partial charge in [-0.05, 0) is 43.0 Å². The number of likely N-dealkylation sites (tertiary alicyclic amines) is 1. The average molecular weight is 314 g/mol. The third kappa shape index (κ3) is 3.29. The highest BCUT2D eigenvalue weighted by molar-refractivity contribution is 5.73. The van der Waals surface area contributed by atoms with Crippen molar-refractivity contribution in [3.8, 4) is 0 Å². The maximum absolute atomic E-state index is 11.7. The summed E-state index contributed by atoms with van der Waals surface area (Å²) in [5, 5.41) is 9.59. The standard InChI is InChI=1S/C18H22N2O3/c1-2-13-8-9-14(19-12-13)17(16-7-5-11-23-16)20-10-4-3-6-15(20)18(21)22/h5,7-9,11-12,15,17H,2-4,6,10H2,1H3,(H,21,22). The van der Waals surface area contributed by atoms with Crippen LogP contribution in [0, 0.1) is 0 Å². The third-order valence-electron chi connectivity index (χ3n) is 4.51. The van der Waals surface area contributed by atoms with Gasteiger partial charge in [-0.25, -0.2) is 0 Å². The van der Waals surface area contributed by atoms with E-state index in [-0.39, 0.29) is 6.04 Å². The first-order valence-corrected chi connectivity index (χ1v) is 8.17. The van der Waals surface area contributed by atoms with Crippen molar-refractivity contribution in [2.45, 2.75) is 44.7 Å². The summed E-state index contributed by atoms with van der Waals surface area (Å²) in [6, 6.07) is 7.02. The first-order chi connectivity index (χ1) is 11.2. The fourth-order valence-electron chi connectivity index (χ4n) is 3.26. The van der Waals surface area contributed by atoms with Crippen molar-refractivity contribution in [2.24, 2.45) is 0 Å². The number of hydrogen-bond acceptors (Lipinski definition) is 4. The van der Waals surface area contributed by atoms with Gasteiger partial charge in [0.05, 0.1) is 12.0 Å². The molecule has 23 heavy (non-hydrogen) atoms. The van der Waals surface area contributed by atoms with Gasteiger partial charge in [0.2, 0.25) is 0 Å². The van der Waals surface area contributed by atoms with Crippen LogP contribution in [0.4, 0.5) is 0 Å². The number of aromatic nitrogens is 1. The van der Waals surface area contributed by atoms with Crippen molar-refractivity contribution in [2.75, 3.05) is 6.54 Å². The van der Waals surface area contributed by atoms with E-state index in [2.05, 4.69) is 18.0 Å². The molecule has 2 unspecified atom stereocenters. The number of carboxylic acids is 1. The molecule has 0 amide bonds. The number of pyridine rings is 1. The second-order valence-electron chi connectivity index (χ2n) is 5.95. The molecule has 3 rings (SSSR count). The van der Waals surface area contributed by atoms with Gasteiger partial charge in [0.15, 0.2) is 0 Å². The maximum Gasteiger partial charge on any atom is 0.320 e. The molecular weight excluding hydrogens is 292 g/mol. The number of furan rings is 1. The maximum atomic E-state index is 11.7. The molecule has 1 aliphatic rings. The second-order valence-corrected chi connectivity index (χ2v) is 5.95. The molecule has 5 nitrogen and oxygen atoms in total. The molecule has 2 aromatic heterocycles. The lowest BCUT2D eigenvalue weighted by Gasteiger charge is -2.37. The molecule has 2 aromatic rings. The molecule has 0 aromatic carbocycles. The van der Waals surface area contributed by atoms with E-state index >= 15 is 0 Å². The monoisotopic (exact) mass is 314 g/mol. The van der Waals surface area contributed by atoms with Gasteiger partial charge in [-0.3, -0.25) is 14.7 Å². The van der Waals surface area contributed by atoms with Gasteiger partial charge in [0, 0.05) is 12.7 Å². The van der Waals surface area contributed by atoms with Crippen LogP contribution in [0.25, 0.3) is 0 Å². The van der Waals surface area contributed by atoms with E-state index in [0.717, 1.165) is 37.3 Å². The molecule has 122 valence electrons. The summed E-state index contributed by atoms with van der Waals surface area (Å²) >= 11 is 0. The van der Waals surface area contributed by atoms with Crippen molar-refractivity contribution in [3.05, 3.63) is 53.7 Å². The highest BCUT2D eigenvalue weighted by Crippen LogP contribution is 2.33. The van der Waals surface area contributed by atoms with Crippen molar-refractivity contribution in [1.82, 2.24) is 9.88 Å². The first-order valence-electron chi connectivity index (χ1n) is 8.17. The Hall–Kier alpha value is -2.14. The predicted octanol–water partition coefficient (Wildman–Crippen LogP) is 3.27. The van der Waals surface area contributed by atoms with Crippen molar-refractivity contribution >= 4 is 5.97 Å². The Bertz CT molecular complexity index is 637. The molecule has 1 saturated heterocycles. The summed E-state index contributed by atoms with van der Waals surface area (Å²) in [7, 11) is 0. The van der Waals surface area contributed by atoms with Crippen LogP contribution in [-0.4, -0.2) is 33.5 Å². The molecule has 2 atom stereocenters. The van der Waals surface area contributed by atoms with Crippen LogP contribution >= 0.6 is 0 Å². The van der Waals surface area contributed by atoms with Gasteiger partial charge in [-0.15, -0.1) is 0 Å². The molecule has 0 saturated carbocycles. The topological polar surface area (TPSA) is 66.6 Å². The molecular formula is C18H22N2O3. The number of aryl methyl sites for hydroxylation is 1. The fraction of sp³-hybridized carbons (Fsp3) is 0.444. The number of nitrogens with zero attached hydrogens (tertiary/aromatic N) is 2. The lowest BCUT2D eigenvalue weighted by Crippen LogP contribution is -2.47. The highest BCUT2D eigenvalue weighted by Gasteiger charge is 2.36. The number of hydrogen-bond donors (Lipinski definition) is 1. The van der Waals surface area contributed by atoms with E-state index in [0.29, 0.717) is 6.42 Å². The smallest absolute Gasteiger partial charge is 0.320 e. The van der Waals surface area contributed by atoms with E-state index < -0.39 is 12.0 Å². The van der Waals surface area contributed by atoms with Gasteiger partial charge >= 0.3 is 5.97 Å². The van der Waals surface area contributed by atoms with Gasteiger partial charge in [-0.2, -0.15) is 0 Å². The molecule has 0 radical (unpaired) electrons. The Balaban J connectivity index is 1.99. The van der Waals surface area contributed by atoms with Crippen LogP contribution in [0.5, 0.6) is 0 Å². The lowest BCUT2D eigenvalue weighted by atomic mass is 9.97. The normalized spacial score (nSPS) is 20.3. The van der Waals surface area contributed by atoms with Crippen molar-refractivity contribution in [3.63, 3.8) is 0 Å². The minimum Gasteiger partial charge on any atom is -0.480 e. The zero-order chi connectivity index (χ0) is 16.2. The Morgan fingerprint density at radius 1 is 1.43 bits per heavy atom. The molecule has 0 aliphatic carbocycles. The molecule has 0 bridgehead atoms. The van der Waals surface area contributed by atoms with Gasteiger partial charge in [0.25, 0.3) is 0 Å². The summed E-state index contributed by atoms with van der Waals surface area (Å²) < 4.78 is 5.61. The van der Waals surface area contributed by atoms with E-state index in [9.17, 15) is 9.90 Å². The summed E-state index contributed by atoms with van der Waals surface area (Å²) in [6.45, 7) is 2.82. The molecule has 1 fully saturated rings. The summed E-state index contributed by atoms with van der Waals surface area (Å²) in [4.78, 5) is 18.3. The van der Waals surface area contributed by atoms with E-state index in [4.69, 9.17) is 4.42 Å². The average Bonchev–Trinajstić information content (AvgIpc) is 3.10. The highest BCUT2D eigenvalue weighted by atomic mass is 16.4. The van der Waals surface area contributed by atoms with Gasteiger partial charge < -0.3 is 9.52 Å². The Labute approximate surface area is 135 Å². The summed E-state index contributed by atoms with van der Waals surface area (Å²) in [5.74, 6) is -0.0265. The zero-order valence-corrected chi connectivity index (χ0v) is 13.3. The second kappa shape index (κ2) is 6.96. The molecule has 1 N–H and O–H groups in total. The Morgan fingerprint density at radius 3 is 2.91 bits per heavy atom. The van der Waals surface area contributed by atoms with Crippen LogP contribution in [0.1, 0.15) is 49.2 Å². The molecule has 3 heterocycles. The molecule has 1 aliphatic heterocycles. The Morgan fingerprint density at radius 2 is 2.30 bits per heavy atom. The predicted molar refractivity (Wildman–Crippen MR) is 86.1 cm³/mol.